The van der Waals surface area contributed by atoms with Crippen LogP contribution in [0, 0.1) is 11.3 Å². The van der Waals surface area contributed by atoms with Crippen molar-refractivity contribution in [2.75, 3.05) is 25.0 Å². The van der Waals surface area contributed by atoms with E-state index in [9.17, 15) is 4.79 Å². The fraction of sp³-hybridized carbons (Fsp3) is 0.385. The standard InChI is InChI=1S/C13H16N4O/c1-15-7-6-11-9-17(13(18)16-11)12-5-3-2-4-10(12)8-14/h2-5,11,15H,6-7,9H2,1H3,(H,16,18). The van der Waals surface area contributed by atoms with E-state index in [1.165, 1.54) is 0 Å². The van der Waals surface area contributed by atoms with Crippen molar-refractivity contribution in [1.29, 1.82) is 5.26 Å². The number of amides is 2. The van der Waals surface area contributed by atoms with Gasteiger partial charge in [-0.1, -0.05) is 12.1 Å². The number of carbonyl (C=O) groups excluding carboxylic acids is 1. The SMILES string of the molecule is CNCCC1CN(c2ccccc2C#N)C(=O)N1. The molecule has 0 aliphatic carbocycles. The number of rotatable bonds is 4. The van der Waals surface area contributed by atoms with Gasteiger partial charge >= 0.3 is 6.03 Å². The first kappa shape index (κ1) is 12.4. The van der Waals surface area contributed by atoms with Crippen molar-refractivity contribution in [2.45, 2.75) is 12.5 Å². The molecule has 2 N–H and O–H groups in total. The lowest BCUT2D eigenvalue weighted by Gasteiger charge is -2.16. The molecule has 1 fully saturated rings. The molecule has 1 unspecified atom stereocenters. The molecule has 1 heterocycles. The highest BCUT2D eigenvalue weighted by molar-refractivity contribution is 5.95. The van der Waals surface area contributed by atoms with Crippen LogP contribution in [0.4, 0.5) is 10.5 Å². The normalized spacial score (nSPS) is 18.6. The van der Waals surface area contributed by atoms with E-state index in [0.717, 1.165) is 13.0 Å². The Bertz CT molecular complexity index is 480. The second-order valence-electron chi connectivity index (χ2n) is 4.28. The summed E-state index contributed by atoms with van der Waals surface area (Å²) >= 11 is 0. The maximum absolute atomic E-state index is 11.9. The lowest BCUT2D eigenvalue weighted by Crippen LogP contribution is -2.30. The van der Waals surface area contributed by atoms with E-state index in [4.69, 9.17) is 5.26 Å². The summed E-state index contributed by atoms with van der Waals surface area (Å²) in [7, 11) is 1.89. The highest BCUT2D eigenvalue weighted by atomic mass is 16.2. The van der Waals surface area contributed by atoms with Crippen LogP contribution in [0.1, 0.15) is 12.0 Å². The summed E-state index contributed by atoms with van der Waals surface area (Å²) in [5.74, 6) is 0. The average Bonchev–Trinajstić information content (AvgIpc) is 2.77. The van der Waals surface area contributed by atoms with Crippen molar-refractivity contribution in [1.82, 2.24) is 10.6 Å². The molecule has 1 aliphatic rings. The summed E-state index contributed by atoms with van der Waals surface area (Å²) in [6, 6.07) is 9.29. The number of hydrogen-bond donors (Lipinski definition) is 2. The summed E-state index contributed by atoms with van der Waals surface area (Å²) in [4.78, 5) is 13.5. The van der Waals surface area contributed by atoms with E-state index < -0.39 is 0 Å². The summed E-state index contributed by atoms with van der Waals surface area (Å²) in [5, 5.41) is 15.0. The van der Waals surface area contributed by atoms with Crippen LogP contribution in [0.25, 0.3) is 0 Å². The maximum Gasteiger partial charge on any atom is 0.322 e. The molecule has 5 nitrogen and oxygen atoms in total. The van der Waals surface area contributed by atoms with Gasteiger partial charge < -0.3 is 10.6 Å². The fourth-order valence-corrected chi connectivity index (χ4v) is 2.09. The molecule has 1 aliphatic heterocycles. The van der Waals surface area contributed by atoms with Gasteiger partial charge in [-0.25, -0.2) is 4.79 Å². The van der Waals surface area contributed by atoms with Gasteiger partial charge in [-0.2, -0.15) is 5.26 Å². The van der Waals surface area contributed by atoms with Crippen LogP contribution in [-0.2, 0) is 0 Å². The van der Waals surface area contributed by atoms with Crippen molar-refractivity contribution in [2.24, 2.45) is 0 Å². The molecule has 18 heavy (non-hydrogen) atoms. The number of nitrogens with zero attached hydrogens (tertiary/aromatic N) is 2. The van der Waals surface area contributed by atoms with Crippen molar-refractivity contribution in [3.8, 4) is 6.07 Å². The molecule has 0 radical (unpaired) electrons. The number of benzene rings is 1. The van der Waals surface area contributed by atoms with E-state index in [1.807, 2.05) is 13.1 Å². The van der Waals surface area contributed by atoms with Gasteiger partial charge in [0.2, 0.25) is 0 Å². The lowest BCUT2D eigenvalue weighted by molar-refractivity contribution is 0.250. The van der Waals surface area contributed by atoms with Crippen LogP contribution in [-0.4, -0.2) is 32.2 Å². The number of nitriles is 1. The second-order valence-corrected chi connectivity index (χ2v) is 4.28. The molecule has 1 saturated heterocycles. The number of urea groups is 1. The highest BCUT2D eigenvalue weighted by Gasteiger charge is 2.30. The maximum atomic E-state index is 11.9. The number of carbonyl (C=O) groups is 1. The van der Waals surface area contributed by atoms with E-state index in [1.54, 1.807) is 23.1 Å². The zero-order valence-electron chi connectivity index (χ0n) is 10.3. The molecule has 94 valence electrons. The fourth-order valence-electron chi connectivity index (χ4n) is 2.09. The number of para-hydroxylation sites is 1. The van der Waals surface area contributed by atoms with Crippen LogP contribution >= 0.6 is 0 Å². The Hall–Kier alpha value is -2.06. The van der Waals surface area contributed by atoms with Crippen LogP contribution in [0.3, 0.4) is 0 Å². The van der Waals surface area contributed by atoms with Gasteiger partial charge in [0.15, 0.2) is 0 Å². The summed E-state index contributed by atoms with van der Waals surface area (Å²) in [5.41, 5.74) is 1.21. The van der Waals surface area contributed by atoms with E-state index in [-0.39, 0.29) is 12.1 Å². The summed E-state index contributed by atoms with van der Waals surface area (Å²) in [6.45, 7) is 1.47. The summed E-state index contributed by atoms with van der Waals surface area (Å²) < 4.78 is 0. The van der Waals surface area contributed by atoms with Crippen LogP contribution in [0.5, 0.6) is 0 Å². The molecule has 0 bridgehead atoms. The van der Waals surface area contributed by atoms with E-state index in [2.05, 4.69) is 16.7 Å². The van der Waals surface area contributed by atoms with Crippen LogP contribution < -0.4 is 15.5 Å². The molecule has 1 aromatic carbocycles. The molecular formula is C13H16N4O. The lowest BCUT2D eigenvalue weighted by atomic mass is 10.1. The minimum Gasteiger partial charge on any atom is -0.333 e. The largest absolute Gasteiger partial charge is 0.333 e. The minimum atomic E-state index is -0.126. The highest BCUT2D eigenvalue weighted by Crippen LogP contribution is 2.23. The Labute approximate surface area is 106 Å². The van der Waals surface area contributed by atoms with Crippen LogP contribution in [0.15, 0.2) is 24.3 Å². The van der Waals surface area contributed by atoms with Crippen molar-refractivity contribution in [3.05, 3.63) is 29.8 Å². The Balaban J connectivity index is 2.14. The zero-order valence-corrected chi connectivity index (χ0v) is 10.3. The zero-order chi connectivity index (χ0) is 13.0. The Morgan fingerprint density at radius 2 is 2.33 bits per heavy atom. The first-order valence-corrected chi connectivity index (χ1v) is 5.98. The minimum absolute atomic E-state index is 0.126. The summed E-state index contributed by atoms with van der Waals surface area (Å²) in [6.07, 6.45) is 0.882. The monoisotopic (exact) mass is 244 g/mol. The van der Waals surface area contributed by atoms with Gasteiger partial charge in [0.25, 0.3) is 0 Å². The van der Waals surface area contributed by atoms with Gasteiger partial charge in [-0.15, -0.1) is 0 Å². The van der Waals surface area contributed by atoms with Crippen molar-refractivity contribution in [3.63, 3.8) is 0 Å². The predicted molar refractivity (Wildman–Crippen MR) is 69.4 cm³/mol. The quantitative estimate of drug-likeness (QED) is 0.832. The molecular weight excluding hydrogens is 228 g/mol. The van der Waals surface area contributed by atoms with Gasteiger partial charge in [0.05, 0.1) is 11.3 Å². The third-order valence-corrected chi connectivity index (χ3v) is 3.03. The number of hydrogen-bond acceptors (Lipinski definition) is 3. The Morgan fingerprint density at radius 1 is 1.56 bits per heavy atom. The first-order valence-electron chi connectivity index (χ1n) is 5.98. The second kappa shape index (κ2) is 5.52. The molecule has 5 heteroatoms. The number of nitrogens with one attached hydrogen (secondary N) is 2. The first-order chi connectivity index (χ1) is 8.76. The predicted octanol–water partition coefficient (Wildman–Crippen LogP) is 1.07. The van der Waals surface area contributed by atoms with Crippen LogP contribution in [0.2, 0.25) is 0 Å². The Morgan fingerprint density at radius 3 is 3.06 bits per heavy atom. The van der Waals surface area contributed by atoms with Gasteiger partial charge in [0, 0.05) is 12.6 Å². The van der Waals surface area contributed by atoms with Crippen molar-refractivity contribution < 1.29 is 4.79 Å². The van der Waals surface area contributed by atoms with Crippen molar-refractivity contribution >= 4 is 11.7 Å². The smallest absolute Gasteiger partial charge is 0.322 e. The molecule has 1 atom stereocenters. The molecule has 0 aromatic heterocycles. The molecule has 2 rings (SSSR count). The molecule has 0 spiro atoms. The molecule has 0 saturated carbocycles. The van der Waals surface area contributed by atoms with E-state index in [0.29, 0.717) is 17.8 Å². The molecule has 2 amide bonds. The van der Waals surface area contributed by atoms with Gasteiger partial charge in [-0.05, 0) is 32.1 Å². The third kappa shape index (κ3) is 2.44. The Kier molecular flexibility index (Phi) is 3.80. The third-order valence-electron chi connectivity index (χ3n) is 3.03. The molecule has 1 aromatic rings. The van der Waals surface area contributed by atoms with E-state index >= 15 is 0 Å². The number of anilines is 1. The van der Waals surface area contributed by atoms with Gasteiger partial charge in [-0.3, -0.25) is 4.90 Å². The average molecular weight is 244 g/mol. The topological polar surface area (TPSA) is 68.2 Å². The van der Waals surface area contributed by atoms with Gasteiger partial charge in [0.1, 0.15) is 6.07 Å².